The Bertz CT molecular complexity index is 377. The summed E-state index contributed by atoms with van der Waals surface area (Å²) >= 11 is 0. The van der Waals surface area contributed by atoms with Crippen molar-refractivity contribution in [2.75, 3.05) is 0 Å². The lowest BCUT2D eigenvalue weighted by Gasteiger charge is -2.29. The maximum Gasteiger partial charge on any atom is 0.0697 e. The average molecular weight is 219 g/mol. The standard InChI is InChI=1S/C13H21N3/c1-10(2)11-8-15-16(9-11)12(6-7-14)13(3,4)5/h8-10,12H,6H2,1-5H3. The quantitative estimate of drug-likeness (QED) is 0.780. The lowest BCUT2D eigenvalue weighted by Crippen LogP contribution is -2.24. The van der Waals surface area contributed by atoms with E-state index in [1.807, 2.05) is 10.9 Å². The Morgan fingerprint density at radius 3 is 2.44 bits per heavy atom. The van der Waals surface area contributed by atoms with Gasteiger partial charge in [0, 0.05) is 6.20 Å². The Hall–Kier alpha value is -1.30. The number of nitriles is 1. The van der Waals surface area contributed by atoms with E-state index in [1.165, 1.54) is 5.56 Å². The van der Waals surface area contributed by atoms with E-state index in [1.54, 1.807) is 0 Å². The Labute approximate surface area is 98.1 Å². The maximum atomic E-state index is 8.89. The Morgan fingerprint density at radius 1 is 1.44 bits per heavy atom. The van der Waals surface area contributed by atoms with E-state index in [-0.39, 0.29) is 11.5 Å². The third kappa shape index (κ3) is 2.85. The van der Waals surface area contributed by atoms with Gasteiger partial charge in [-0.1, -0.05) is 34.6 Å². The summed E-state index contributed by atoms with van der Waals surface area (Å²) in [7, 11) is 0. The highest BCUT2D eigenvalue weighted by Crippen LogP contribution is 2.33. The fourth-order valence-corrected chi connectivity index (χ4v) is 1.70. The summed E-state index contributed by atoms with van der Waals surface area (Å²) in [6.45, 7) is 10.7. The van der Waals surface area contributed by atoms with Crippen LogP contribution in [0.3, 0.4) is 0 Å². The minimum absolute atomic E-state index is 0.0516. The number of nitrogens with zero attached hydrogens (tertiary/aromatic N) is 3. The topological polar surface area (TPSA) is 41.6 Å². The molecule has 0 radical (unpaired) electrons. The molecule has 1 atom stereocenters. The molecule has 0 bridgehead atoms. The molecule has 1 rings (SSSR count). The highest BCUT2D eigenvalue weighted by Gasteiger charge is 2.26. The molecule has 3 heteroatoms. The van der Waals surface area contributed by atoms with Crippen LogP contribution in [0, 0.1) is 16.7 Å². The molecule has 0 aromatic carbocycles. The molecule has 1 unspecified atom stereocenters. The van der Waals surface area contributed by atoms with Gasteiger partial charge in [-0.05, 0) is 16.9 Å². The molecule has 1 aromatic heterocycles. The van der Waals surface area contributed by atoms with Crippen LogP contribution in [0.2, 0.25) is 0 Å². The van der Waals surface area contributed by atoms with Crippen molar-refractivity contribution in [2.24, 2.45) is 5.41 Å². The van der Waals surface area contributed by atoms with Gasteiger partial charge in [-0.15, -0.1) is 0 Å². The van der Waals surface area contributed by atoms with E-state index in [4.69, 9.17) is 5.26 Å². The van der Waals surface area contributed by atoms with E-state index in [0.29, 0.717) is 12.3 Å². The van der Waals surface area contributed by atoms with E-state index in [2.05, 4.69) is 52.0 Å². The van der Waals surface area contributed by atoms with Gasteiger partial charge in [-0.25, -0.2) is 0 Å². The van der Waals surface area contributed by atoms with Crippen molar-refractivity contribution in [2.45, 2.75) is 53.0 Å². The predicted octanol–water partition coefficient (Wildman–Crippen LogP) is 3.51. The van der Waals surface area contributed by atoms with Crippen LogP contribution in [0.15, 0.2) is 12.4 Å². The Morgan fingerprint density at radius 2 is 2.06 bits per heavy atom. The third-order valence-electron chi connectivity index (χ3n) is 2.89. The van der Waals surface area contributed by atoms with E-state index in [9.17, 15) is 0 Å². The van der Waals surface area contributed by atoms with Gasteiger partial charge in [0.15, 0.2) is 0 Å². The van der Waals surface area contributed by atoms with Gasteiger partial charge < -0.3 is 0 Å². The van der Waals surface area contributed by atoms with Crippen LogP contribution in [0.4, 0.5) is 0 Å². The van der Waals surface area contributed by atoms with Gasteiger partial charge >= 0.3 is 0 Å². The molecule has 0 amide bonds. The van der Waals surface area contributed by atoms with Gasteiger partial charge in [-0.3, -0.25) is 4.68 Å². The van der Waals surface area contributed by atoms with Crippen LogP contribution in [0.1, 0.15) is 58.6 Å². The van der Waals surface area contributed by atoms with Crippen LogP contribution in [0.25, 0.3) is 0 Å². The zero-order chi connectivity index (χ0) is 12.3. The molecule has 0 fully saturated rings. The van der Waals surface area contributed by atoms with Crippen molar-refractivity contribution in [3.05, 3.63) is 18.0 Å². The number of aromatic nitrogens is 2. The molecular weight excluding hydrogens is 198 g/mol. The smallest absolute Gasteiger partial charge is 0.0697 e. The lowest BCUT2D eigenvalue weighted by molar-refractivity contribution is 0.228. The van der Waals surface area contributed by atoms with Gasteiger partial charge in [0.25, 0.3) is 0 Å². The van der Waals surface area contributed by atoms with Crippen molar-refractivity contribution >= 4 is 0 Å². The van der Waals surface area contributed by atoms with Crippen molar-refractivity contribution < 1.29 is 0 Å². The number of hydrogen-bond acceptors (Lipinski definition) is 2. The van der Waals surface area contributed by atoms with Crippen LogP contribution < -0.4 is 0 Å². The summed E-state index contributed by atoms with van der Waals surface area (Å²) < 4.78 is 1.94. The fourth-order valence-electron chi connectivity index (χ4n) is 1.70. The Balaban J connectivity index is 2.99. The zero-order valence-corrected chi connectivity index (χ0v) is 10.9. The van der Waals surface area contributed by atoms with Gasteiger partial charge in [0.2, 0.25) is 0 Å². The molecule has 0 aliphatic rings. The van der Waals surface area contributed by atoms with Crippen LogP contribution in [-0.2, 0) is 0 Å². The normalized spacial score (nSPS) is 13.8. The molecule has 0 saturated heterocycles. The highest BCUT2D eigenvalue weighted by molar-refractivity contribution is 5.10. The summed E-state index contributed by atoms with van der Waals surface area (Å²) in [6, 6.07) is 2.39. The predicted molar refractivity (Wildman–Crippen MR) is 65.0 cm³/mol. The van der Waals surface area contributed by atoms with Gasteiger partial charge in [0.05, 0.1) is 24.7 Å². The van der Waals surface area contributed by atoms with Crippen molar-refractivity contribution in [3.63, 3.8) is 0 Å². The van der Waals surface area contributed by atoms with E-state index in [0.717, 1.165) is 0 Å². The second-order valence-corrected chi connectivity index (χ2v) is 5.65. The van der Waals surface area contributed by atoms with Gasteiger partial charge in [0.1, 0.15) is 0 Å². The second kappa shape index (κ2) is 4.69. The second-order valence-electron chi connectivity index (χ2n) is 5.65. The van der Waals surface area contributed by atoms with Crippen molar-refractivity contribution in [3.8, 4) is 6.07 Å². The maximum absolute atomic E-state index is 8.89. The first-order valence-electron chi connectivity index (χ1n) is 5.77. The summed E-state index contributed by atoms with van der Waals surface area (Å²) in [6.07, 6.45) is 4.47. The summed E-state index contributed by atoms with van der Waals surface area (Å²) in [4.78, 5) is 0. The molecule has 0 spiro atoms. The average Bonchev–Trinajstić information content (AvgIpc) is 2.60. The summed E-state index contributed by atoms with van der Waals surface area (Å²) in [5, 5.41) is 13.3. The highest BCUT2D eigenvalue weighted by atomic mass is 15.3. The summed E-state index contributed by atoms with van der Waals surface area (Å²) in [5.41, 5.74) is 1.28. The molecule has 1 aromatic rings. The monoisotopic (exact) mass is 219 g/mol. The van der Waals surface area contributed by atoms with Gasteiger partial charge in [-0.2, -0.15) is 10.4 Å². The van der Waals surface area contributed by atoms with Crippen LogP contribution in [-0.4, -0.2) is 9.78 Å². The fraction of sp³-hybridized carbons (Fsp3) is 0.692. The van der Waals surface area contributed by atoms with Crippen LogP contribution in [0.5, 0.6) is 0 Å². The lowest BCUT2D eigenvalue weighted by atomic mass is 9.85. The van der Waals surface area contributed by atoms with Crippen LogP contribution >= 0.6 is 0 Å². The largest absolute Gasteiger partial charge is 0.268 e. The zero-order valence-electron chi connectivity index (χ0n) is 10.9. The molecule has 16 heavy (non-hydrogen) atoms. The third-order valence-corrected chi connectivity index (χ3v) is 2.89. The molecule has 3 nitrogen and oxygen atoms in total. The van der Waals surface area contributed by atoms with Crippen molar-refractivity contribution in [1.82, 2.24) is 9.78 Å². The molecule has 88 valence electrons. The van der Waals surface area contributed by atoms with E-state index >= 15 is 0 Å². The first kappa shape index (κ1) is 12.8. The Kier molecular flexibility index (Phi) is 3.74. The minimum Gasteiger partial charge on any atom is -0.268 e. The molecule has 0 saturated carbocycles. The number of rotatable bonds is 3. The molecule has 0 aliphatic heterocycles. The minimum atomic E-state index is 0.0516. The molecular formula is C13H21N3. The first-order valence-corrected chi connectivity index (χ1v) is 5.77. The molecule has 0 N–H and O–H groups in total. The molecule has 0 aliphatic carbocycles. The number of hydrogen-bond donors (Lipinski definition) is 0. The molecule has 1 heterocycles. The van der Waals surface area contributed by atoms with E-state index < -0.39 is 0 Å². The summed E-state index contributed by atoms with van der Waals surface area (Å²) in [5.74, 6) is 0.483. The first-order chi connectivity index (χ1) is 7.36. The van der Waals surface area contributed by atoms with Crippen molar-refractivity contribution in [1.29, 1.82) is 5.26 Å². The SMILES string of the molecule is CC(C)c1cnn(C(CC#N)C(C)(C)C)c1.